The number of thiocarbonyl (C=S) groups is 1. The van der Waals surface area contributed by atoms with Crippen LogP contribution >= 0.6 is 23.8 Å². The van der Waals surface area contributed by atoms with E-state index in [2.05, 4.69) is 15.6 Å². The van der Waals surface area contributed by atoms with Crippen LogP contribution in [-0.4, -0.2) is 23.1 Å². The van der Waals surface area contributed by atoms with E-state index in [4.69, 9.17) is 28.6 Å². The second kappa shape index (κ2) is 7.01. The Morgan fingerprint density at radius 1 is 1.29 bits per heavy atom. The predicted molar refractivity (Wildman–Crippen MR) is 85.9 cm³/mol. The van der Waals surface area contributed by atoms with Gasteiger partial charge < -0.3 is 10.1 Å². The zero-order chi connectivity index (χ0) is 15.2. The Morgan fingerprint density at radius 3 is 2.62 bits per heavy atom. The Kier molecular flexibility index (Phi) is 5.08. The zero-order valence-corrected chi connectivity index (χ0v) is 12.7. The molecular weight excluding hydrogens is 310 g/mol. The van der Waals surface area contributed by atoms with Crippen LogP contribution in [0, 0.1) is 0 Å². The van der Waals surface area contributed by atoms with Crippen molar-refractivity contribution >= 4 is 40.5 Å². The van der Waals surface area contributed by atoms with Gasteiger partial charge in [0, 0.05) is 11.8 Å². The molecule has 1 heterocycles. The van der Waals surface area contributed by atoms with E-state index in [9.17, 15) is 4.79 Å². The molecule has 5 nitrogen and oxygen atoms in total. The summed E-state index contributed by atoms with van der Waals surface area (Å²) in [4.78, 5) is 15.9. The maximum atomic E-state index is 12.0. The fraction of sp³-hybridized carbons (Fsp3) is 0.0714. The van der Waals surface area contributed by atoms with Crippen molar-refractivity contribution in [1.82, 2.24) is 10.3 Å². The molecule has 0 saturated heterocycles. The number of rotatable bonds is 3. The van der Waals surface area contributed by atoms with E-state index < -0.39 is 0 Å². The largest absolute Gasteiger partial charge is 0.497 e. The number of methoxy groups -OCH3 is 1. The maximum Gasteiger partial charge on any atom is 0.257 e. The van der Waals surface area contributed by atoms with E-state index in [-0.39, 0.29) is 16.2 Å². The van der Waals surface area contributed by atoms with Gasteiger partial charge >= 0.3 is 0 Å². The van der Waals surface area contributed by atoms with Crippen LogP contribution in [0.15, 0.2) is 42.6 Å². The minimum absolute atomic E-state index is 0.144. The lowest BCUT2D eigenvalue weighted by Crippen LogP contribution is -2.34. The Bertz CT molecular complexity index is 662. The number of ether oxygens (including phenoxy) is 1. The van der Waals surface area contributed by atoms with Crippen LogP contribution in [0.5, 0.6) is 5.75 Å². The summed E-state index contributed by atoms with van der Waals surface area (Å²) < 4.78 is 5.03. The molecule has 108 valence electrons. The first-order valence-corrected chi connectivity index (χ1v) is 6.75. The lowest BCUT2D eigenvalue weighted by atomic mass is 10.2. The Morgan fingerprint density at radius 2 is 2.00 bits per heavy atom. The second-order valence-corrected chi connectivity index (χ2v) is 4.74. The van der Waals surface area contributed by atoms with Crippen LogP contribution in [0.3, 0.4) is 0 Å². The Balaban J connectivity index is 1.98. The van der Waals surface area contributed by atoms with Gasteiger partial charge in [-0.05, 0) is 48.6 Å². The summed E-state index contributed by atoms with van der Waals surface area (Å²) in [5, 5.41) is 5.80. The van der Waals surface area contributed by atoms with Gasteiger partial charge in [0.15, 0.2) is 10.3 Å². The predicted octanol–water partition coefficient (Wildman–Crippen LogP) is 2.87. The highest BCUT2D eigenvalue weighted by molar-refractivity contribution is 7.80. The van der Waals surface area contributed by atoms with Gasteiger partial charge in [-0.25, -0.2) is 4.98 Å². The average molecular weight is 322 g/mol. The molecule has 2 rings (SSSR count). The first-order valence-electron chi connectivity index (χ1n) is 5.97. The van der Waals surface area contributed by atoms with Crippen molar-refractivity contribution in [2.75, 3.05) is 12.4 Å². The van der Waals surface area contributed by atoms with Gasteiger partial charge in [-0.2, -0.15) is 0 Å². The maximum absolute atomic E-state index is 12.0. The molecule has 1 amide bonds. The standard InChI is InChI=1S/C14H12ClN3O2S/c1-20-10-6-4-9(5-7-10)13(19)18-14(21)17-11-3-2-8-16-12(11)15/h2-8H,1H3,(H2,17,18,19,21). The summed E-state index contributed by atoms with van der Waals surface area (Å²) in [6.07, 6.45) is 1.56. The van der Waals surface area contributed by atoms with Gasteiger partial charge in [0.05, 0.1) is 12.8 Å². The lowest BCUT2D eigenvalue weighted by molar-refractivity contribution is 0.0977. The number of hydrogen-bond donors (Lipinski definition) is 2. The first-order chi connectivity index (χ1) is 10.1. The molecule has 0 aliphatic heterocycles. The minimum Gasteiger partial charge on any atom is -0.497 e. The summed E-state index contributed by atoms with van der Waals surface area (Å²) in [6.45, 7) is 0. The third-order valence-corrected chi connectivity index (χ3v) is 3.09. The number of carbonyl (C=O) groups excluding carboxylic acids is 1. The lowest BCUT2D eigenvalue weighted by Gasteiger charge is -2.10. The number of nitrogens with zero attached hydrogens (tertiary/aromatic N) is 1. The molecular formula is C14H12ClN3O2S. The van der Waals surface area contributed by atoms with E-state index in [1.54, 1.807) is 49.7 Å². The van der Waals surface area contributed by atoms with E-state index in [0.717, 1.165) is 0 Å². The number of benzene rings is 1. The monoisotopic (exact) mass is 321 g/mol. The molecule has 7 heteroatoms. The molecule has 0 aliphatic rings. The van der Waals surface area contributed by atoms with Gasteiger partial charge in [-0.3, -0.25) is 10.1 Å². The highest BCUT2D eigenvalue weighted by Gasteiger charge is 2.09. The topological polar surface area (TPSA) is 63.2 Å². The van der Waals surface area contributed by atoms with Gasteiger partial charge in [0.25, 0.3) is 5.91 Å². The van der Waals surface area contributed by atoms with Crippen molar-refractivity contribution in [3.63, 3.8) is 0 Å². The number of halogens is 1. The second-order valence-electron chi connectivity index (χ2n) is 3.98. The number of aromatic nitrogens is 1. The van der Waals surface area contributed by atoms with Crippen LogP contribution in [0.25, 0.3) is 0 Å². The normalized spacial score (nSPS) is 9.81. The molecule has 0 atom stereocenters. The number of amides is 1. The summed E-state index contributed by atoms with van der Waals surface area (Å²) >= 11 is 11.0. The summed E-state index contributed by atoms with van der Waals surface area (Å²) in [7, 11) is 1.56. The van der Waals surface area contributed by atoms with Gasteiger partial charge in [0.2, 0.25) is 0 Å². The van der Waals surface area contributed by atoms with E-state index in [0.29, 0.717) is 17.0 Å². The quantitative estimate of drug-likeness (QED) is 0.672. The first kappa shape index (κ1) is 15.2. The van der Waals surface area contributed by atoms with Crippen molar-refractivity contribution in [2.24, 2.45) is 0 Å². The van der Waals surface area contributed by atoms with Crippen molar-refractivity contribution in [1.29, 1.82) is 0 Å². The molecule has 2 N–H and O–H groups in total. The van der Waals surface area contributed by atoms with Crippen molar-refractivity contribution in [3.05, 3.63) is 53.3 Å². The third-order valence-electron chi connectivity index (χ3n) is 2.59. The zero-order valence-electron chi connectivity index (χ0n) is 11.1. The minimum atomic E-state index is -0.324. The van der Waals surface area contributed by atoms with Crippen LogP contribution in [0.2, 0.25) is 5.15 Å². The summed E-state index contributed by atoms with van der Waals surface area (Å²) in [5.74, 6) is 0.351. The smallest absolute Gasteiger partial charge is 0.257 e. The van der Waals surface area contributed by atoms with Gasteiger partial charge in [-0.15, -0.1) is 0 Å². The molecule has 1 aromatic heterocycles. The van der Waals surface area contributed by atoms with E-state index >= 15 is 0 Å². The molecule has 1 aromatic carbocycles. The molecule has 0 unspecified atom stereocenters. The highest BCUT2D eigenvalue weighted by Crippen LogP contribution is 2.17. The SMILES string of the molecule is COc1ccc(C(=O)NC(=S)Nc2cccnc2Cl)cc1. The molecule has 0 spiro atoms. The van der Waals surface area contributed by atoms with E-state index in [1.165, 1.54) is 0 Å². The third kappa shape index (κ3) is 4.14. The molecule has 0 saturated carbocycles. The van der Waals surface area contributed by atoms with Crippen LogP contribution in [0.1, 0.15) is 10.4 Å². The van der Waals surface area contributed by atoms with Crippen LogP contribution in [0.4, 0.5) is 5.69 Å². The van der Waals surface area contributed by atoms with Crippen LogP contribution in [-0.2, 0) is 0 Å². The number of hydrogen-bond acceptors (Lipinski definition) is 4. The highest BCUT2D eigenvalue weighted by atomic mass is 35.5. The van der Waals surface area contributed by atoms with E-state index in [1.807, 2.05) is 0 Å². The molecule has 2 aromatic rings. The van der Waals surface area contributed by atoms with Crippen molar-refractivity contribution < 1.29 is 9.53 Å². The Hall–Kier alpha value is -2.18. The Labute approximate surface area is 132 Å². The van der Waals surface area contributed by atoms with Crippen molar-refractivity contribution in [2.45, 2.75) is 0 Å². The van der Waals surface area contributed by atoms with Gasteiger partial charge in [-0.1, -0.05) is 11.6 Å². The number of carbonyl (C=O) groups is 1. The number of nitrogens with one attached hydrogen (secondary N) is 2. The molecule has 0 aliphatic carbocycles. The fourth-order valence-electron chi connectivity index (χ4n) is 1.55. The molecule has 0 bridgehead atoms. The molecule has 21 heavy (non-hydrogen) atoms. The molecule has 0 radical (unpaired) electrons. The number of anilines is 1. The fourth-order valence-corrected chi connectivity index (χ4v) is 1.92. The molecule has 0 fully saturated rings. The summed E-state index contributed by atoms with van der Waals surface area (Å²) in [5.41, 5.74) is 0.997. The summed E-state index contributed by atoms with van der Waals surface area (Å²) in [6, 6.07) is 10.1. The van der Waals surface area contributed by atoms with Gasteiger partial charge in [0.1, 0.15) is 5.75 Å². The average Bonchev–Trinajstić information content (AvgIpc) is 2.49. The van der Waals surface area contributed by atoms with Crippen molar-refractivity contribution in [3.8, 4) is 5.75 Å². The van der Waals surface area contributed by atoms with Crippen LogP contribution < -0.4 is 15.4 Å². The number of pyridine rings is 1.